The average Bonchev–Trinajstić information content (AvgIpc) is 2.37. The van der Waals surface area contributed by atoms with E-state index in [1.165, 1.54) is 6.07 Å². The highest BCUT2D eigenvalue weighted by Gasteiger charge is 2.28. The number of para-hydroxylation sites is 1. The molecule has 0 saturated heterocycles. The van der Waals surface area contributed by atoms with Crippen LogP contribution in [0.2, 0.25) is 0 Å². The number of sulfone groups is 1. The summed E-state index contributed by atoms with van der Waals surface area (Å²) in [6.45, 7) is 7.12. The van der Waals surface area contributed by atoms with Crippen molar-refractivity contribution in [2.45, 2.75) is 38.6 Å². The molecule has 1 atom stereocenters. The largest absolute Gasteiger partial charge is 0.324 e. The number of carbonyl (C=O) groups excluding carboxylic acids is 1. The van der Waals surface area contributed by atoms with E-state index in [2.05, 4.69) is 5.32 Å². The number of hydrogen-bond acceptors (Lipinski definition) is 4. The van der Waals surface area contributed by atoms with Crippen molar-refractivity contribution in [3.05, 3.63) is 24.3 Å². The SMILES string of the molecule is CCS(=O)(=O)c1ccccc1NC(=O)C(N)C(C)(C)C. The molecular formula is C14H22N2O3S. The van der Waals surface area contributed by atoms with E-state index in [0.717, 1.165) is 0 Å². The topological polar surface area (TPSA) is 89.3 Å². The van der Waals surface area contributed by atoms with E-state index >= 15 is 0 Å². The quantitative estimate of drug-likeness (QED) is 0.887. The first-order chi connectivity index (χ1) is 9.09. The van der Waals surface area contributed by atoms with Gasteiger partial charge in [0, 0.05) is 0 Å². The molecule has 0 aliphatic rings. The van der Waals surface area contributed by atoms with Crippen LogP contribution in [0.1, 0.15) is 27.7 Å². The highest BCUT2D eigenvalue weighted by atomic mass is 32.2. The zero-order chi connectivity index (χ0) is 15.6. The Hall–Kier alpha value is -1.40. The molecule has 1 unspecified atom stereocenters. The van der Waals surface area contributed by atoms with Gasteiger partial charge in [0.1, 0.15) is 0 Å². The number of carbonyl (C=O) groups is 1. The molecule has 3 N–H and O–H groups in total. The van der Waals surface area contributed by atoms with Crippen LogP contribution < -0.4 is 11.1 Å². The molecule has 0 aliphatic heterocycles. The Labute approximate surface area is 120 Å². The molecule has 1 rings (SSSR count). The third-order valence-corrected chi connectivity index (χ3v) is 4.86. The van der Waals surface area contributed by atoms with Crippen molar-refractivity contribution in [2.75, 3.05) is 11.1 Å². The van der Waals surface area contributed by atoms with E-state index < -0.39 is 27.2 Å². The summed E-state index contributed by atoms with van der Waals surface area (Å²) in [6.07, 6.45) is 0. The Balaban J connectivity index is 3.09. The number of rotatable bonds is 4. The molecule has 1 amide bonds. The second kappa shape index (κ2) is 5.93. The first-order valence-corrected chi connectivity index (χ1v) is 8.13. The Morgan fingerprint density at radius 3 is 2.35 bits per heavy atom. The fraction of sp³-hybridized carbons (Fsp3) is 0.500. The lowest BCUT2D eigenvalue weighted by atomic mass is 9.87. The molecule has 0 fully saturated rings. The Morgan fingerprint density at radius 2 is 1.85 bits per heavy atom. The van der Waals surface area contributed by atoms with Crippen molar-refractivity contribution in [2.24, 2.45) is 11.1 Å². The van der Waals surface area contributed by atoms with Crippen LogP contribution in [0.15, 0.2) is 29.2 Å². The summed E-state index contributed by atoms with van der Waals surface area (Å²) in [5.41, 5.74) is 5.75. The molecule has 0 bridgehead atoms. The summed E-state index contributed by atoms with van der Waals surface area (Å²) in [4.78, 5) is 12.2. The van der Waals surface area contributed by atoms with E-state index in [0.29, 0.717) is 0 Å². The number of nitrogens with two attached hydrogens (primary N) is 1. The monoisotopic (exact) mass is 298 g/mol. The molecule has 112 valence electrons. The molecule has 5 nitrogen and oxygen atoms in total. The molecule has 0 heterocycles. The number of anilines is 1. The summed E-state index contributed by atoms with van der Waals surface area (Å²) in [7, 11) is -3.39. The van der Waals surface area contributed by atoms with Crippen molar-refractivity contribution in [1.82, 2.24) is 0 Å². The van der Waals surface area contributed by atoms with Gasteiger partial charge in [-0.1, -0.05) is 39.8 Å². The molecule has 6 heteroatoms. The third kappa shape index (κ3) is 3.80. The van der Waals surface area contributed by atoms with E-state index in [9.17, 15) is 13.2 Å². The predicted octanol–water partition coefficient (Wildman–Crippen LogP) is 1.79. The summed E-state index contributed by atoms with van der Waals surface area (Å²) >= 11 is 0. The van der Waals surface area contributed by atoms with E-state index in [-0.39, 0.29) is 16.3 Å². The van der Waals surface area contributed by atoms with Gasteiger partial charge < -0.3 is 11.1 Å². The predicted molar refractivity (Wildman–Crippen MR) is 80.2 cm³/mol. The third-order valence-electron chi connectivity index (χ3n) is 3.08. The Kier molecular flexibility index (Phi) is 4.94. The number of hydrogen-bond donors (Lipinski definition) is 2. The number of benzene rings is 1. The van der Waals surface area contributed by atoms with Crippen LogP contribution in [-0.2, 0) is 14.6 Å². The van der Waals surface area contributed by atoms with Crippen LogP contribution in [0.3, 0.4) is 0 Å². The molecule has 0 saturated carbocycles. The van der Waals surface area contributed by atoms with Gasteiger partial charge in [0.25, 0.3) is 0 Å². The van der Waals surface area contributed by atoms with E-state index in [1.54, 1.807) is 25.1 Å². The van der Waals surface area contributed by atoms with Crippen LogP contribution in [0.4, 0.5) is 5.69 Å². The van der Waals surface area contributed by atoms with Gasteiger partial charge in [-0.15, -0.1) is 0 Å². The number of amides is 1. The van der Waals surface area contributed by atoms with Crippen LogP contribution in [0.25, 0.3) is 0 Å². The van der Waals surface area contributed by atoms with Crippen molar-refractivity contribution in [3.8, 4) is 0 Å². The Bertz CT molecular complexity index is 589. The maximum absolute atomic E-state index is 12.1. The van der Waals surface area contributed by atoms with Crippen molar-refractivity contribution in [1.29, 1.82) is 0 Å². The van der Waals surface area contributed by atoms with Crippen molar-refractivity contribution >= 4 is 21.4 Å². The zero-order valence-corrected chi connectivity index (χ0v) is 13.1. The minimum atomic E-state index is -3.39. The van der Waals surface area contributed by atoms with Crippen molar-refractivity contribution in [3.63, 3.8) is 0 Å². The lowest BCUT2D eigenvalue weighted by molar-refractivity contribution is -0.119. The van der Waals surface area contributed by atoms with Gasteiger partial charge in [-0.3, -0.25) is 4.79 Å². The van der Waals surface area contributed by atoms with Crippen molar-refractivity contribution < 1.29 is 13.2 Å². The summed E-state index contributed by atoms with van der Waals surface area (Å²) in [5.74, 6) is -0.415. The highest BCUT2D eigenvalue weighted by molar-refractivity contribution is 7.91. The van der Waals surface area contributed by atoms with Gasteiger partial charge >= 0.3 is 0 Å². The standard InChI is InChI=1S/C14H22N2O3S/c1-5-20(18,19)11-9-7-6-8-10(11)16-13(17)12(15)14(2,3)4/h6-9,12H,5,15H2,1-4H3,(H,16,17). The van der Waals surface area contributed by atoms with Crippen LogP contribution in [0, 0.1) is 5.41 Å². The summed E-state index contributed by atoms with van der Waals surface area (Å²) < 4.78 is 24.0. The molecule has 1 aromatic carbocycles. The molecule has 0 aliphatic carbocycles. The van der Waals surface area contributed by atoms with Gasteiger partial charge in [-0.25, -0.2) is 8.42 Å². The average molecular weight is 298 g/mol. The minimum absolute atomic E-state index is 0.0226. The summed E-state index contributed by atoms with van der Waals surface area (Å²) in [5, 5.41) is 2.61. The van der Waals surface area contributed by atoms with Gasteiger partial charge in [-0.2, -0.15) is 0 Å². The minimum Gasteiger partial charge on any atom is -0.324 e. The zero-order valence-electron chi connectivity index (χ0n) is 12.3. The van der Waals surface area contributed by atoms with E-state index in [4.69, 9.17) is 5.73 Å². The van der Waals surface area contributed by atoms with E-state index in [1.807, 2.05) is 20.8 Å². The molecular weight excluding hydrogens is 276 g/mol. The van der Waals surface area contributed by atoms with Crippen LogP contribution in [0.5, 0.6) is 0 Å². The molecule has 1 aromatic rings. The summed E-state index contributed by atoms with van der Waals surface area (Å²) in [6, 6.07) is 5.63. The van der Waals surface area contributed by atoms with Gasteiger partial charge in [0.15, 0.2) is 9.84 Å². The first kappa shape index (κ1) is 16.7. The van der Waals surface area contributed by atoms with Crippen LogP contribution in [-0.4, -0.2) is 26.1 Å². The Morgan fingerprint density at radius 1 is 1.30 bits per heavy atom. The smallest absolute Gasteiger partial charge is 0.241 e. The fourth-order valence-electron chi connectivity index (χ4n) is 1.60. The maximum atomic E-state index is 12.1. The van der Waals surface area contributed by atoms with Crippen LogP contribution >= 0.6 is 0 Å². The second-order valence-corrected chi connectivity index (χ2v) is 7.98. The molecule has 20 heavy (non-hydrogen) atoms. The molecule has 0 aromatic heterocycles. The normalized spacial score (nSPS) is 13.8. The second-order valence-electron chi connectivity index (χ2n) is 5.73. The molecule has 0 spiro atoms. The highest BCUT2D eigenvalue weighted by Crippen LogP contribution is 2.24. The molecule has 0 radical (unpaired) electrons. The first-order valence-electron chi connectivity index (χ1n) is 6.48. The lowest BCUT2D eigenvalue weighted by Gasteiger charge is -2.26. The fourth-order valence-corrected chi connectivity index (χ4v) is 2.65. The lowest BCUT2D eigenvalue weighted by Crippen LogP contribution is -2.45. The number of nitrogens with one attached hydrogen (secondary N) is 1. The van der Waals surface area contributed by atoms with Gasteiger partial charge in [0.05, 0.1) is 22.4 Å². The van der Waals surface area contributed by atoms with Gasteiger partial charge in [-0.05, 0) is 17.5 Å². The maximum Gasteiger partial charge on any atom is 0.241 e. The van der Waals surface area contributed by atoms with Gasteiger partial charge in [0.2, 0.25) is 5.91 Å².